The van der Waals surface area contributed by atoms with E-state index in [0.717, 1.165) is 5.92 Å². The second-order valence-electron chi connectivity index (χ2n) is 4.98. The third-order valence-electron chi connectivity index (χ3n) is 3.68. The van der Waals surface area contributed by atoms with E-state index < -0.39 is 0 Å². The van der Waals surface area contributed by atoms with Crippen LogP contribution in [-0.4, -0.2) is 4.32 Å². The summed E-state index contributed by atoms with van der Waals surface area (Å²) in [5.41, 5.74) is 0. The van der Waals surface area contributed by atoms with Gasteiger partial charge in [0.05, 0.1) is 0 Å². The standard InChI is InChI=1S/C13H25Br/c1-3-8-12(4-2)11-13(14)9-6-5-7-10-13/h12H,3-11H2,1-2H3. The third kappa shape index (κ3) is 3.92. The first-order valence-electron chi connectivity index (χ1n) is 6.39. The predicted octanol–water partition coefficient (Wildman–Crippen LogP) is 5.30. The highest BCUT2D eigenvalue weighted by atomic mass is 79.9. The number of alkyl halides is 1. The number of halogens is 1. The average Bonchev–Trinajstić information content (AvgIpc) is 2.18. The quantitative estimate of drug-likeness (QED) is 0.589. The predicted molar refractivity (Wildman–Crippen MR) is 68.0 cm³/mol. The van der Waals surface area contributed by atoms with Crippen molar-refractivity contribution in [2.75, 3.05) is 0 Å². The average molecular weight is 261 g/mol. The maximum absolute atomic E-state index is 4.01. The highest BCUT2D eigenvalue weighted by molar-refractivity contribution is 9.10. The highest BCUT2D eigenvalue weighted by Gasteiger charge is 2.30. The molecule has 0 spiro atoms. The minimum atomic E-state index is 0.515. The van der Waals surface area contributed by atoms with Gasteiger partial charge in [-0.05, 0) is 25.2 Å². The fourth-order valence-corrected chi connectivity index (χ4v) is 3.78. The highest BCUT2D eigenvalue weighted by Crippen LogP contribution is 2.42. The summed E-state index contributed by atoms with van der Waals surface area (Å²) >= 11 is 4.01. The molecular formula is C13H25Br. The van der Waals surface area contributed by atoms with Crippen LogP contribution in [0.25, 0.3) is 0 Å². The maximum atomic E-state index is 4.01. The van der Waals surface area contributed by atoms with Gasteiger partial charge in [-0.25, -0.2) is 0 Å². The van der Waals surface area contributed by atoms with E-state index in [0.29, 0.717) is 4.32 Å². The van der Waals surface area contributed by atoms with Crippen LogP contribution in [0.5, 0.6) is 0 Å². The largest absolute Gasteiger partial charge is 0.0853 e. The second-order valence-corrected chi connectivity index (χ2v) is 6.66. The van der Waals surface area contributed by atoms with Crippen molar-refractivity contribution < 1.29 is 0 Å². The molecule has 14 heavy (non-hydrogen) atoms. The molecule has 0 saturated heterocycles. The Morgan fingerprint density at radius 1 is 1.14 bits per heavy atom. The zero-order valence-corrected chi connectivity index (χ0v) is 11.4. The Labute approximate surface area is 98.0 Å². The van der Waals surface area contributed by atoms with Crippen molar-refractivity contribution >= 4 is 15.9 Å². The van der Waals surface area contributed by atoms with Crippen LogP contribution in [0.15, 0.2) is 0 Å². The molecule has 0 radical (unpaired) electrons. The smallest absolute Gasteiger partial charge is 0.0260 e. The van der Waals surface area contributed by atoms with Crippen molar-refractivity contribution in [2.45, 2.75) is 76.0 Å². The molecular weight excluding hydrogens is 236 g/mol. The summed E-state index contributed by atoms with van der Waals surface area (Å²) in [4.78, 5) is 0. The first-order valence-corrected chi connectivity index (χ1v) is 7.18. The molecule has 0 bridgehead atoms. The fraction of sp³-hybridized carbons (Fsp3) is 1.00. The molecule has 0 amide bonds. The van der Waals surface area contributed by atoms with Gasteiger partial charge in [-0.1, -0.05) is 68.3 Å². The van der Waals surface area contributed by atoms with Gasteiger partial charge in [-0.3, -0.25) is 0 Å². The van der Waals surface area contributed by atoms with Crippen molar-refractivity contribution in [2.24, 2.45) is 5.92 Å². The van der Waals surface area contributed by atoms with Crippen LogP contribution in [0.4, 0.5) is 0 Å². The van der Waals surface area contributed by atoms with E-state index in [4.69, 9.17) is 0 Å². The molecule has 1 saturated carbocycles. The molecule has 1 aliphatic carbocycles. The first kappa shape index (κ1) is 12.5. The Morgan fingerprint density at radius 3 is 2.29 bits per heavy atom. The molecule has 0 nitrogen and oxygen atoms in total. The van der Waals surface area contributed by atoms with Gasteiger partial charge in [-0.2, -0.15) is 0 Å². The van der Waals surface area contributed by atoms with Gasteiger partial charge in [0, 0.05) is 4.32 Å². The second kappa shape index (κ2) is 6.15. The minimum Gasteiger partial charge on any atom is -0.0853 e. The van der Waals surface area contributed by atoms with Gasteiger partial charge < -0.3 is 0 Å². The molecule has 1 rings (SSSR count). The lowest BCUT2D eigenvalue weighted by Gasteiger charge is -2.34. The van der Waals surface area contributed by atoms with E-state index in [1.807, 2.05) is 0 Å². The summed E-state index contributed by atoms with van der Waals surface area (Å²) < 4.78 is 0.515. The number of rotatable bonds is 5. The summed E-state index contributed by atoms with van der Waals surface area (Å²) in [5.74, 6) is 0.956. The molecule has 0 aromatic rings. The van der Waals surface area contributed by atoms with Gasteiger partial charge in [0.25, 0.3) is 0 Å². The van der Waals surface area contributed by atoms with Crippen LogP contribution in [-0.2, 0) is 0 Å². The van der Waals surface area contributed by atoms with Crippen molar-refractivity contribution in [1.29, 1.82) is 0 Å². The van der Waals surface area contributed by atoms with Gasteiger partial charge >= 0.3 is 0 Å². The van der Waals surface area contributed by atoms with Crippen molar-refractivity contribution in [3.63, 3.8) is 0 Å². The number of hydrogen-bond acceptors (Lipinski definition) is 0. The first-order chi connectivity index (χ1) is 6.70. The van der Waals surface area contributed by atoms with Gasteiger partial charge in [-0.15, -0.1) is 0 Å². The van der Waals surface area contributed by atoms with Crippen LogP contribution >= 0.6 is 15.9 Å². The number of hydrogen-bond donors (Lipinski definition) is 0. The van der Waals surface area contributed by atoms with Crippen molar-refractivity contribution in [1.82, 2.24) is 0 Å². The van der Waals surface area contributed by atoms with Crippen LogP contribution < -0.4 is 0 Å². The molecule has 1 heteroatoms. The topological polar surface area (TPSA) is 0 Å². The Hall–Kier alpha value is 0.480. The molecule has 0 aromatic heterocycles. The van der Waals surface area contributed by atoms with E-state index in [1.165, 1.54) is 57.8 Å². The zero-order valence-electron chi connectivity index (χ0n) is 9.82. The van der Waals surface area contributed by atoms with Gasteiger partial charge in [0.15, 0.2) is 0 Å². The van der Waals surface area contributed by atoms with Crippen LogP contribution in [0.2, 0.25) is 0 Å². The molecule has 1 unspecified atom stereocenters. The molecule has 0 aliphatic heterocycles. The maximum Gasteiger partial charge on any atom is 0.0260 e. The van der Waals surface area contributed by atoms with E-state index in [1.54, 1.807) is 0 Å². The van der Waals surface area contributed by atoms with Crippen molar-refractivity contribution in [3.8, 4) is 0 Å². The molecule has 1 fully saturated rings. The van der Waals surface area contributed by atoms with Crippen LogP contribution in [0.1, 0.15) is 71.6 Å². The Kier molecular flexibility index (Phi) is 5.51. The summed E-state index contributed by atoms with van der Waals surface area (Å²) in [5, 5.41) is 0. The Balaban J connectivity index is 2.38. The summed E-state index contributed by atoms with van der Waals surface area (Å²) in [6.07, 6.45) is 12.7. The normalized spacial score (nSPS) is 23.4. The van der Waals surface area contributed by atoms with E-state index in [-0.39, 0.29) is 0 Å². The van der Waals surface area contributed by atoms with Crippen LogP contribution in [0.3, 0.4) is 0 Å². The lowest BCUT2D eigenvalue weighted by molar-refractivity contribution is 0.310. The summed E-state index contributed by atoms with van der Waals surface area (Å²) in [6, 6.07) is 0. The summed E-state index contributed by atoms with van der Waals surface area (Å²) in [7, 11) is 0. The Morgan fingerprint density at radius 2 is 1.79 bits per heavy atom. The lowest BCUT2D eigenvalue weighted by Crippen LogP contribution is -2.27. The molecule has 1 atom stereocenters. The lowest BCUT2D eigenvalue weighted by atomic mass is 9.80. The van der Waals surface area contributed by atoms with Gasteiger partial charge in [0.1, 0.15) is 0 Å². The molecule has 0 heterocycles. The van der Waals surface area contributed by atoms with Crippen molar-refractivity contribution in [3.05, 3.63) is 0 Å². The van der Waals surface area contributed by atoms with E-state index in [9.17, 15) is 0 Å². The van der Waals surface area contributed by atoms with E-state index in [2.05, 4.69) is 29.8 Å². The molecule has 0 aromatic carbocycles. The zero-order chi connectivity index (χ0) is 10.4. The molecule has 1 aliphatic rings. The Bertz CT molecular complexity index is 147. The molecule has 84 valence electrons. The van der Waals surface area contributed by atoms with Crippen LogP contribution in [0, 0.1) is 5.92 Å². The monoisotopic (exact) mass is 260 g/mol. The minimum absolute atomic E-state index is 0.515. The molecule has 0 N–H and O–H groups in total. The SMILES string of the molecule is CCCC(CC)CC1(Br)CCCCC1. The third-order valence-corrected chi connectivity index (χ3v) is 4.80. The van der Waals surface area contributed by atoms with Gasteiger partial charge in [0.2, 0.25) is 0 Å². The fourth-order valence-electron chi connectivity index (χ4n) is 2.77. The summed E-state index contributed by atoms with van der Waals surface area (Å²) in [6.45, 7) is 4.66. The van der Waals surface area contributed by atoms with E-state index >= 15 is 0 Å².